The lowest BCUT2D eigenvalue weighted by atomic mass is 10.1. The molecule has 3 aromatic carbocycles. The molecule has 2 N–H and O–H groups in total. The Kier molecular flexibility index (Phi) is 5.45. The quantitative estimate of drug-likeness (QED) is 0.304. The maximum atomic E-state index is 13.0. The number of hydrogen-bond donors (Lipinski definition) is 2. The number of fused-ring (bicyclic) bond motifs is 2. The first-order chi connectivity index (χ1) is 14.7. The van der Waals surface area contributed by atoms with Crippen LogP contribution in [0.2, 0.25) is 0 Å². The molecule has 0 aromatic heterocycles. The number of halogens is 3. The van der Waals surface area contributed by atoms with Crippen LogP contribution in [0.4, 0.5) is 24.5 Å². The van der Waals surface area contributed by atoms with Gasteiger partial charge in [-0.25, -0.2) is 9.04 Å². The molecule has 4 rings (SSSR count). The highest BCUT2D eigenvalue weighted by atomic mass is 32.2. The molecule has 0 bridgehead atoms. The van der Waals surface area contributed by atoms with Crippen molar-refractivity contribution < 1.29 is 22.1 Å². The number of rotatable bonds is 4. The first-order valence-electron chi connectivity index (χ1n) is 9.29. The topological polar surface area (TPSA) is 62.7 Å². The summed E-state index contributed by atoms with van der Waals surface area (Å²) in [5, 5.41) is 7.17. The van der Waals surface area contributed by atoms with Gasteiger partial charge in [0.1, 0.15) is 0 Å². The van der Waals surface area contributed by atoms with E-state index in [1.54, 1.807) is 37.3 Å². The fourth-order valence-electron chi connectivity index (χ4n) is 2.99. The second kappa shape index (κ2) is 8.07. The number of benzene rings is 3. The predicted molar refractivity (Wildman–Crippen MR) is 114 cm³/mol. The minimum absolute atomic E-state index is 0.229. The van der Waals surface area contributed by atoms with Crippen molar-refractivity contribution in [2.75, 3.05) is 5.32 Å². The van der Waals surface area contributed by atoms with Gasteiger partial charge in [0.25, 0.3) is 0 Å². The molecular formula is C22H18F3N3O2S. The lowest BCUT2D eigenvalue weighted by Crippen LogP contribution is -2.13. The highest BCUT2D eigenvalue weighted by molar-refractivity contribution is 7.83. The van der Waals surface area contributed by atoms with Crippen molar-refractivity contribution in [1.82, 2.24) is 4.83 Å². The first-order valence-corrected chi connectivity index (χ1v) is 10.4. The standard InChI is InChI=1S/C22H18F3N3O2S/c1-13-3-7-17(8-4-13)31(29)28-27-14(2)15-5-9-20-18(11-15)26-19-12-16(22(23,24)25)6-10-21(19)30-20/h3-12,26,28H,1-2H3/b27-14+. The molecular weight excluding hydrogens is 427 g/mol. The molecule has 9 heteroatoms. The summed E-state index contributed by atoms with van der Waals surface area (Å²) in [7, 11) is -1.51. The van der Waals surface area contributed by atoms with Gasteiger partial charge >= 0.3 is 6.18 Å². The van der Waals surface area contributed by atoms with Crippen LogP contribution >= 0.6 is 0 Å². The van der Waals surface area contributed by atoms with Gasteiger partial charge in [0.15, 0.2) is 22.5 Å². The number of aryl methyl sites for hydroxylation is 1. The zero-order chi connectivity index (χ0) is 22.2. The minimum atomic E-state index is -4.44. The van der Waals surface area contributed by atoms with Gasteiger partial charge in [-0.15, -0.1) is 0 Å². The fourth-order valence-corrected chi connectivity index (χ4v) is 3.70. The molecule has 0 amide bonds. The van der Waals surface area contributed by atoms with Gasteiger partial charge in [0, 0.05) is 0 Å². The van der Waals surface area contributed by atoms with Crippen molar-refractivity contribution in [2.24, 2.45) is 5.10 Å². The summed E-state index contributed by atoms with van der Waals surface area (Å²) in [5.41, 5.74) is 2.29. The molecule has 0 spiro atoms. The normalized spacial score (nSPS) is 14.0. The van der Waals surface area contributed by atoms with Gasteiger partial charge in [-0.3, -0.25) is 0 Å². The maximum Gasteiger partial charge on any atom is 0.416 e. The molecule has 0 saturated heterocycles. The number of alkyl halides is 3. The number of hydrazone groups is 1. The second-order valence-corrected chi connectivity index (χ2v) is 8.21. The smallest absolute Gasteiger partial charge is 0.416 e. The molecule has 1 aliphatic heterocycles. The van der Waals surface area contributed by atoms with Crippen molar-refractivity contribution in [3.63, 3.8) is 0 Å². The van der Waals surface area contributed by atoms with E-state index in [2.05, 4.69) is 15.2 Å². The Labute approximate surface area is 179 Å². The second-order valence-electron chi connectivity index (χ2n) is 7.02. The van der Waals surface area contributed by atoms with Crippen LogP contribution in [0.5, 0.6) is 11.5 Å². The largest absolute Gasteiger partial charge is 0.453 e. The third-order valence-corrected chi connectivity index (χ3v) is 5.68. The molecule has 160 valence electrons. The number of ether oxygens (including phenoxy) is 1. The summed E-state index contributed by atoms with van der Waals surface area (Å²) in [6.45, 7) is 3.68. The fraction of sp³-hybridized carbons (Fsp3) is 0.136. The van der Waals surface area contributed by atoms with Crippen LogP contribution in [0.25, 0.3) is 0 Å². The zero-order valence-corrected chi connectivity index (χ0v) is 17.4. The Morgan fingerprint density at radius 3 is 2.32 bits per heavy atom. The van der Waals surface area contributed by atoms with Gasteiger partial charge in [0.05, 0.1) is 27.5 Å². The molecule has 31 heavy (non-hydrogen) atoms. The molecule has 0 fully saturated rings. The van der Waals surface area contributed by atoms with Gasteiger partial charge in [0.2, 0.25) is 0 Å². The summed E-state index contributed by atoms with van der Waals surface area (Å²) >= 11 is 0. The lowest BCUT2D eigenvalue weighted by molar-refractivity contribution is -0.137. The van der Waals surface area contributed by atoms with Crippen molar-refractivity contribution in [3.8, 4) is 11.5 Å². The third-order valence-electron chi connectivity index (χ3n) is 4.72. The molecule has 1 unspecified atom stereocenters. The average molecular weight is 445 g/mol. The summed E-state index contributed by atoms with van der Waals surface area (Å²) in [5.74, 6) is 0.800. The minimum Gasteiger partial charge on any atom is -0.453 e. The van der Waals surface area contributed by atoms with E-state index in [4.69, 9.17) is 4.74 Å². The van der Waals surface area contributed by atoms with E-state index in [0.29, 0.717) is 33.4 Å². The Morgan fingerprint density at radius 1 is 1.00 bits per heavy atom. The molecule has 1 aliphatic rings. The zero-order valence-electron chi connectivity index (χ0n) is 16.6. The van der Waals surface area contributed by atoms with Crippen LogP contribution in [-0.2, 0) is 17.2 Å². The van der Waals surface area contributed by atoms with Crippen LogP contribution in [0.1, 0.15) is 23.6 Å². The Balaban J connectivity index is 1.53. The summed E-state index contributed by atoms with van der Waals surface area (Å²) in [6.07, 6.45) is -4.44. The molecule has 5 nitrogen and oxygen atoms in total. The first kappa shape index (κ1) is 20.9. The van der Waals surface area contributed by atoms with Crippen LogP contribution in [-0.4, -0.2) is 9.92 Å². The highest BCUT2D eigenvalue weighted by Gasteiger charge is 2.32. The van der Waals surface area contributed by atoms with Gasteiger partial charge in [-0.2, -0.15) is 18.3 Å². The van der Waals surface area contributed by atoms with E-state index >= 15 is 0 Å². The summed E-state index contributed by atoms with van der Waals surface area (Å²) < 4.78 is 57.1. The van der Waals surface area contributed by atoms with E-state index < -0.39 is 22.7 Å². The van der Waals surface area contributed by atoms with Crippen LogP contribution in [0, 0.1) is 6.92 Å². The lowest BCUT2D eigenvalue weighted by Gasteiger charge is -2.23. The van der Waals surface area contributed by atoms with Crippen molar-refractivity contribution in [3.05, 3.63) is 77.4 Å². The Morgan fingerprint density at radius 2 is 1.65 bits per heavy atom. The number of nitrogens with zero attached hydrogens (tertiary/aromatic N) is 1. The molecule has 0 radical (unpaired) electrons. The van der Waals surface area contributed by atoms with E-state index in [1.165, 1.54) is 6.07 Å². The third kappa shape index (κ3) is 4.56. The monoisotopic (exact) mass is 445 g/mol. The molecule has 3 aromatic rings. The van der Waals surface area contributed by atoms with E-state index in [-0.39, 0.29) is 5.69 Å². The molecule has 0 saturated carbocycles. The number of anilines is 2. The van der Waals surface area contributed by atoms with Crippen LogP contribution < -0.4 is 14.9 Å². The molecule has 1 atom stereocenters. The molecule has 0 aliphatic carbocycles. The van der Waals surface area contributed by atoms with E-state index in [1.807, 2.05) is 19.1 Å². The van der Waals surface area contributed by atoms with Crippen molar-refractivity contribution in [1.29, 1.82) is 0 Å². The van der Waals surface area contributed by atoms with Crippen LogP contribution in [0.15, 0.2) is 70.7 Å². The maximum absolute atomic E-state index is 13.0. The summed E-state index contributed by atoms with van der Waals surface area (Å²) in [6, 6.07) is 15.7. The number of hydrogen-bond acceptors (Lipinski definition) is 4. The van der Waals surface area contributed by atoms with Crippen molar-refractivity contribution >= 4 is 28.1 Å². The highest BCUT2D eigenvalue weighted by Crippen LogP contribution is 2.44. The average Bonchev–Trinajstić information content (AvgIpc) is 2.74. The van der Waals surface area contributed by atoms with E-state index in [9.17, 15) is 17.4 Å². The van der Waals surface area contributed by atoms with Gasteiger partial charge in [-0.05, 0) is 67.9 Å². The van der Waals surface area contributed by atoms with Crippen molar-refractivity contribution in [2.45, 2.75) is 24.9 Å². The number of nitrogens with one attached hydrogen (secondary N) is 2. The van der Waals surface area contributed by atoms with E-state index in [0.717, 1.165) is 17.7 Å². The Bertz CT molecular complexity index is 1190. The van der Waals surface area contributed by atoms with Gasteiger partial charge in [-0.1, -0.05) is 17.7 Å². The summed E-state index contributed by atoms with van der Waals surface area (Å²) in [4.78, 5) is 3.22. The van der Waals surface area contributed by atoms with Gasteiger partial charge < -0.3 is 10.1 Å². The predicted octanol–water partition coefficient (Wildman–Crippen LogP) is 5.90. The SMILES string of the molecule is C/C(=N\NS(=O)c1ccc(C)cc1)c1ccc2c(c1)Nc1cc(C(F)(F)F)ccc1O2. The molecule has 1 heterocycles. The van der Waals surface area contributed by atoms with Crippen LogP contribution in [0.3, 0.4) is 0 Å². The Hall–Kier alpha value is -3.33.